The fourth-order valence-corrected chi connectivity index (χ4v) is 2.09. The summed E-state index contributed by atoms with van der Waals surface area (Å²) < 4.78 is 0. The molecule has 0 unspecified atom stereocenters. The maximum Gasteiger partial charge on any atom is 0.276 e. The smallest absolute Gasteiger partial charge is 0.276 e. The zero-order valence-electron chi connectivity index (χ0n) is 11.3. The van der Waals surface area contributed by atoms with Crippen molar-refractivity contribution >= 4 is 28.8 Å². The summed E-state index contributed by atoms with van der Waals surface area (Å²) >= 11 is 5.02. The number of benzene rings is 1. The van der Waals surface area contributed by atoms with Crippen molar-refractivity contribution in [2.24, 2.45) is 5.73 Å². The molecule has 1 heterocycles. The maximum absolute atomic E-state index is 12.5. The van der Waals surface area contributed by atoms with Crippen LogP contribution in [0.3, 0.4) is 0 Å². The van der Waals surface area contributed by atoms with E-state index in [1.165, 1.54) is 4.90 Å². The van der Waals surface area contributed by atoms with Gasteiger partial charge in [-0.15, -0.1) is 0 Å². The number of amides is 1. The van der Waals surface area contributed by atoms with Crippen LogP contribution in [-0.4, -0.2) is 22.9 Å². The second-order valence-corrected chi connectivity index (χ2v) is 4.85. The topological polar surface area (TPSA) is 59.2 Å². The first-order valence-electron chi connectivity index (χ1n) is 6.11. The van der Waals surface area contributed by atoms with Crippen molar-refractivity contribution in [1.29, 1.82) is 0 Å². The Morgan fingerprint density at radius 3 is 2.55 bits per heavy atom. The number of nitrogens with two attached hydrogens (primary N) is 1. The Labute approximate surface area is 123 Å². The molecule has 0 saturated carbocycles. The fourth-order valence-electron chi connectivity index (χ4n) is 1.92. The standard InChI is InChI=1S/C15H15N3OS/c1-10-6-5-8-12(17-10)15(19)18(2)13-9-4-3-7-11(13)14(16)20/h3-9H,1-2H3,(H2,16,20). The minimum Gasteiger partial charge on any atom is -0.389 e. The summed E-state index contributed by atoms with van der Waals surface area (Å²) in [5.74, 6) is -0.197. The number of pyridine rings is 1. The van der Waals surface area contributed by atoms with Gasteiger partial charge in [0.1, 0.15) is 10.7 Å². The van der Waals surface area contributed by atoms with Gasteiger partial charge >= 0.3 is 0 Å². The van der Waals surface area contributed by atoms with Gasteiger partial charge < -0.3 is 10.6 Å². The number of aryl methyl sites for hydroxylation is 1. The Balaban J connectivity index is 2.39. The van der Waals surface area contributed by atoms with E-state index in [0.29, 0.717) is 16.9 Å². The highest BCUT2D eigenvalue weighted by Crippen LogP contribution is 2.20. The molecule has 4 nitrogen and oxygen atoms in total. The van der Waals surface area contributed by atoms with Crippen LogP contribution in [0.15, 0.2) is 42.5 Å². The molecule has 1 aromatic carbocycles. The van der Waals surface area contributed by atoms with Crippen LogP contribution in [0.25, 0.3) is 0 Å². The Hall–Kier alpha value is -2.27. The molecule has 2 rings (SSSR count). The van der Waals surface area contributed by atoms with Gasteiger partial charge in [-0.25, -0.2) is 4.98 Å². The van der Waals surface area contributed by atoms with Crippen molar-refractivity contribution < 1.29 is 4.79 Å². The molecular weight excluding hydrogens is 270 g/mol. The molecule has 0 fully saturated rings. The second kappa shape index (κ2) is 5.79. The lowest BCUT2D eigenvalue weighted by molar-refractivity contribution is 0.0988. The fraction of sp³-hybridized carbons (Fsp3) is 0.133. The quantitative estimate of drug-likeness (QED) is 0.879. The lowest BCUT2D eigenvalue weighted by Crippen LogP contribution is -2.29. The molecule has 20 heavy (non-hydrogen) atoms. The Morgan fingerprint density at radius 1 is 1.20 bits per heavy atom. The molecule has 0 aliphatic heterocycles. The van der Waals surface area contributed by atoms with E-state index in [1.807, 2.05) is 37.3 Å². The van der Waals surface area contributed by atoms with Gasteiger partial charge in [0.15, 0.2) is 0 Å². The summed E-state index contributed by atoms with van der Waals surface area (Å²) in [5.41, 5.74) is 8.23. The molecule has 1 amide bonds. The number of carbonyl (C=O) groups excluding carboxylic acids is 1. The van der Waals surface area contributed by atoms with Crippen LogP contribution >= 0.6 is 12.2 Å². The van der Waals surface area contributed by atoms with E-state index in [-0.39, 0.29) is 10.9 Å². The summed E-state index contributed by atoms with van der Waals surface area (Å²) in [6, 6.07) is 12.6. The summed E-state index contributed by atoms with van der Waals surface area (Å²) in [7, 11) is 1.68. The van der Waals surface area contributed by atoms with E-state index in [1.54, 1.807) is 19.2 Å². The maximum atomic E-state index is 12.5. The molecular formula is C15H15N3OS. The Bertz CT molecular complexity index is 670. The average Bonchev–Trinajstić information content (AvgIpc) is 2.45. The van der Waals surface area contributed by atoms with Gasteiger partial charge in [-0.2, -0.15) is 0 Å². The molecule has 0 atom stereocenters. The predicted molar refractivity (Wildman–Crippen MR) is 84.0 cm³/mol. The van der Waals surface area contributed by atoms with Gasteiger partial charge in [0.25, 0.3) is 5.91 Å². The molecule has 0 radical (unpaired) electrons. The number of thiocarbonyl (C=S) groups is 1. The largest absolute Gasteiger partial charge is 0.389 e. The monoisotopic (exact) mass is 285 g/mol. The Morgan fingerprint density at radius 2 is 1.90 bits per heavy atom. The summed E-state index contributed by atoms with van der Waals surface area (Å²) in [5, 5.41) is 0. The summed E-state index contributed by atoms with van der Waals surface area (Å²) in [6.45, 7) is 1.85. The Kier molecular flexibility index (Phi) is 4.10. The molecule has 102 valence electrons. The number of rotatable bonds is 3. The SMILES string of the molecule is Cc1cccc(C(=O)N(C)c2ccccc2C(N)=S)n1. The minimum atomic E-state index is -0.197. The van der Waals surface area contributed by atoms with Crippen molar-refractivity contribution in [3.05, 3.63) is 59.4 Å². The lowest BCUT2D eigenvalue weighted by Gasteiger charge is -2.20. The number of hydrogen-bond donors (Lipinski definition) is 1. The van der Waals surface area contributed by atoms with Crippen LogP contribution < -0.4 is 10.6 Å². The first kappa shape index (κ1) is 14.1. The summed E-state index contributed by atoms with van der Waals surface area (Å²) in [4.78, 5) is 18.5. The van der Waals surface area contributed by atoms with Crippen molar-refractivity contribution in [2.45, 2.75) is 6.92 Å². The van der Waals surface area contributed by atoms with E-state index in [4.69, 9.17) is 18.0 Å². The van der Waals surface area contributed by atoms with Crippen LogP contribution in [0.2, 0.25) is 0 Å². The van der Waals surface area contributed by atoms with E-state index in [9.17, 15) is 4.79 Å². The number of nitrogens with zero attached hydrogens (tertiary/aromatic N) is 2. The summed E-state index contributed by atoms with van der Waals surface area (Å²) in [6.07, 6.45) is 0. The third kappa shape index (κ3) is 2.83. The van der Waals surface area contributed by atoms with Gasteiger partial charge in [0.2, 0.25) is 0 Å². The van der Waals surface area contributed by atoms with Crippen LogP contribution in [0.5, 0.6) is 0 Å². The van der Waals surface area contributed by atoms with Gasteiger partial charge in [0, 0.05) is 18.3 Å². The van der Waals surface area contributed by atoms with Crippen LogP contribution in [0.1, 0.15) is 21.7 Å². The molecule has 1 aromatic heterocycles. The molecule has 0 bridgehead atoms. The van der Waals surface area contributed by atoms with E-state index in [2.05, 4.69) is 4.98 Å². The van der Waals surface area contributed by atoms with Crippen molar-refractivity contribution in [1.82, 2.24) is 4.98 Å². The molecule has 0 aliphatic carbocycles. The van der Waals surface area contributed by atoms with E-state index >= 15 is 0 Å². The third-order valence-corrected chi connectivity index (χ3v) is 3.16. The average molecular weight is 285 g/mol. The molecule has 0 aliphatic rings. The lowest BCUT2D eigenvalue weighted by atomic mass is 10.1. The van der Waals surface area contributed by atoms with Crippen molar-refractivity contribution in [3.63, 3.8) is 0 Å². The molecule has 2 N–H and O–H groups in total. The van der Waals surface area contributed by atoms with E-state index in [0.717, 1.165) is 5.69 Å². The molecule has 2 aromatic rings. The predicted octanol–water partition coefficient (Wildman–Crippen LogP) is 2.30. The van der Waals surface area contributed by atoms with Crippen molar-refractivity contribution in [3.8, 4) is 0 Å². The van der Waals surface area contributed by atoms with Gasteiger partial charge in [-0.3, -0.25) is 4.79 Å². The van der Waals surface area contributed by atoms with Crippen molar-refractivity contribution in [2.75, 3.05) is 11.9 Å². The van der Waals surface area contributed by atoms with Crippen LogP contribution in [-0.2, 0) is 0 Å². The zero-order chi connectivity index (χ0) is 14.7. The number of hydrogen-bond acceptors (Lipinski definition) is 3. The van der Waals surface area contributed by atoms with Crippen LogP contribution in [0, 0.1) is 6.92 Å². The molecule has 0 spiro atoms. The number of anilines is 1. The minimum absolute atomic E-state index is 0.197. The van der Waals surface area contributed by atoms with Gasteiger partial charge in [0.05, 0.1) is 5.69 Å². The van der Waals surface area contributed by atoms with Crippen LogP contribution in [0.4, 0.5) is 5.69 Å². The van der Waals surface area contributed by atoms with E-state index < -0.39 is 0 Å². The highest BCUT2D eigenvalue weighted by molar-refractivity contribution is 7.80. The first-order chi connectivity index (χ1) is 9.50. The highest BCUT2D eigenvalue weighted by Gasteiger charge is 2.18. The number of aromatic nitrogens is 1. The van der Waals surface area contributed by atoms with Gasteiger partial charge in [-0.05, 0) is 31.2 Å². The first-order valence-corrected chi connectivity index (χ1v) is 6.52. The molecule has 5 heteroatoms. The number of carbonyl (C=O) groups is 1. The molecule has 0 saturated heterocycles. The third-order valence-electron chi connectivity index (χ3n) is 2.94. The number of para-hydroxylation sites is 1. The normalized spacial score (nSPS) is 10.1. The zero-order valence-corrected chi connectivity index (χ0v) is 12.1. The highest BCUT2D eigenvalue weighted by atomic mass is 32.1. The van der Waals surface area contributed by atoms with Gasteiger partial charge in [-0.1, -0.05) is 30.4 Å². The second-order valence-electron chi connectivity index (χ2n) is 4.41.